The number of amides is 1. The maximum Gasteiger partial charge on any atom is 0.251 e. The van der Waals surface area contributed by atoms with E-state index in [-0.39, 0.29) is 22.8 Å². The normalized spacial score (nSPS) is 17.2. The highest BCUT2D eigenvalue weighted by molar-refractivity contribution is 7.89. The summed E-state index contributed by atoms with van der Waals surface area (Å²) in [6, 6.07) is 5.87. The molecule has 0 aromatic heterocycles. The molecule has 1 aromatic rings. The van der Waals surface area contributed by atoms with Gasteiger partial charge >= 0.3 is 0 Å². The van der Waals surface area contributed by atoms with Crippen molar-refractivity contribution in [2.45, 2.75) is 30.7 Å². The molecule has 1 aliphatic rings. The molecule has 8 heteroatoms. The molecule has 1 fully saturated rings. The quantitative estimate of drug-likeness (QED) is 0.716. The molecule has 1 saturated heterocycles. The van der Waals surface area contributed by atoms with Gasteiger partial charge in [-0.15, -0.1) is 0 Å². The van der Waals surface area contributed by atoms with E-state index in [1.807, 2.05) is 6.92 Å². The van der Waals surface area contributed by atoms with E-state index in [0.29, 0.717) is 31.9 Å². The molecule has 0 saturated carbocycles. The first-order valence-corrected chi connectivity index (χ1v) is 9.88. The molecular formula is C17H26N2O5S. The molecule has 25 heavy (non-hydrogen) atoms. The first-order valence-electron chi connectivity index (χ1n) is 8.39. The molecule has 1 heterocycles. The smallest absolute Gasteiger partial charge is 0.251 e. The van der Waals surface area contributed by atoms with Gasteiger partial charge in [-0.3, -0.25) is 4.79 Å². The maximum atomic E-state index is 12.5. The van der Waals surface area contributed by atoms with Crippen molar-refractivity contribution in [3.63, 3.8) is 0 Å². The lowest BCUT2D eigenvalue weighted by Gasteiger charge is -2.22. The third-order valence-electron chi connectivity index (χ3n) is 4.10. The molecule has 0 bridgehead atoms. The van der Waals surface area contributed by atoms with Crippen molar-refractivity contribution in [3.8, 4) is 0 Å². The van der Waals surface area contributed by atoms with Crippen LogP contribution in [0.4, 0.5) is 0 Å². The Bertz CT molecular complexity index is 671. The van der Waals surface area contributed by atoms with Gasteiger partial charge in [0.05, 0.1) is 11.5 Å². The van der Waals surface area contributed by atoms with Gasteiger partial charge in [0.15, 0.2) is 0 Å². The molecule has 1 atom stereocenters. The minimum atomic E-state index is -3.65. The zero-order valence-corrected chi connectivity index (χ0v) is 15.5. The number of hydrogen-bond acceptors (Lipinski definition) is 5. The first kappa shape index (κ1) is 19.8. The molecule has 0 unspecified atom stereocenters. The fourth-order valence-corrected chi connectivity index (χ4v) is 3.83. The summed E-state index contributed by atoms with van der Waals surface area (Å²) in [5, 5.41) is 2.77. The third-order valence-corrected chi connectivity index (χ3v) is 5.52. The first-order chi connectivity index (χ1) is 11.9. The monoisotopic (exact) mass is 370 g/mol. The van der Waals surface area contributed by atoms with Crippen LogP contribution in [0.25, 0.3) is 0 Å². The van der Waals surface area contributed by atoms with Gasteiger partial charge in [0.2, 0.25) is 10.0 Å². The van der Waals surface area contributed by atoms with Crippen LogP contribution in [0.3, 0.4) is 0 Å². The van der Waals surface area contributed by atoms with Crippen molar-refractivity contribution in [2.75, 3.05) is 33.5 Å². The highest BCUT2D eigenvalue weighted by atomic mass is 32.2. The third kappa shape index (κ3) is 6.07. The number of benzene rings is 1. The Labute approximate surface area is 149 Å². The van der Waals surface area contributed by atoms with Crippen LogP contribution in [0.1, 0.15) is 30.1 Å². The summed E-state index contributed by atoms with van der Waals surface area (Å²) in [6.45, 7) is 3.92. The summed E-state index contributed by atoms with van der Waals surface area (Å²) < 4.78 is 37.9. The SMILES string of the molecule is COC[C@H](C)NC(=O)c1cccc(S(=O)(=O)NCC2CCOCC2)c1. The molecule has 1 aromatic carbocycles. The van der Waals surface area contributed by atoms with Gasteiger partial charge in [-0.2, -0.15) is 0 Å². The van der Waals surface area contributed by atoms with Crippen molar-refractivity contribution in [3.05, 3.63) is 29.8 Å². The number of carbonyl (C=O) groups excluding carboxylic acids is 1. The molecule has 2 N–H and O–H groups in total. The van der Waals surface area contributed by atoms with Crippen LogP contribution < -0.4 is 10.0 Å². The van der Waals surface area contributed by atoms with Crippen molar-refractivity contribution in [1.29, 1.82) is 0 Å². The summed E-state index contributed by atoms with van der Waals surface area (Å²) in [4.78, 5) is 12.3. The lowest BCUT2D eigenvalue weighted by molar-refractivity contribution is 0.0678. The number of ether oxygens (including phenoxy) is 2. The predicted octanol–water partition coefficient (Wildman–Crippen LogP) is 1.16. The zero-order valence-electron chi connectivity index (χ0n) is 14.7. The van der Waals surface area contributed by atoms with Crippen molar-refractivity contribution >= 4 is 15.9 Å². The highest BCUT2D eigenvalue weighted by Gasteiger charge is 2.20. The van der Waals surface area contributed by atoms with Gasteiger partial charge in [0.1, 0.15) is 0 Å². The Morgan fingerprint density at radius 3 is 2.76 bits per heavy atom. The molecule has 1 amide bonds. The lowest BCUT2D eigenvalue weighted by Crippen LogP contribution is -2.36. The van der Waals surface area contributed by atoms with E-state index < -0.39 is 10.0 Å². The van der Waals surface area contributed by atoms with Crippen LogP contribution in [-0.2, 0) is 19.5 Å². The molecule has 7 nitrogen and oxygen atoms in total. The van der Waals surface area contributed by atoms with Gasteiger partial charge in [0, 0.05) is 38.5 Å². The fourth-order valence-electron chi connectivity index (χ4n) is 2.66. The molecule has 0 spiro atoms. The summed E-state index contributed by atoms with van der Waals surface area (Å²) in [5.74, 6) is -0.0454. The number of methoxy groups -OCH3 is 1. The van der Waals surface area contributed by atoms with Crippen LogP contribution in [0.15, 0.2) is 29.2 Å². The van der Waals surface area contributed by atoms with E-state index in [1.165, 1.54) is 12.1 Å². The Morgan fingerprint density at radius 1 is 1.36 bits per heavy atom. The van der Waals surface area contributed by atoms with Gasteiger partial charge in [-0.05, 0) is 43.9 Å². The Hall–Kier alpha value is -1.48. The highest BCUT2D eigenvalue weighted by Crippen LogP contribution is 2.16. The molecule has 140 valence electrons. The van der Waals surface area contributed by atoms with E-state index in [4.69, 9.17) is 9.47 Å². The largest absolute Gasteiger partial charge is 0.383 e. The van der Waals surface area contributed by atoms with Gasteiger partial charge in [-0.1, -0.05) is 6.07 Å². The van der Waals surface area contributed by atoms with E-state index in [0.717, 1.165) is 12.8 Å². The van der Waals surface area contributed by atoms with Crippen LogP contribution in [0.2, 0.25) is 0 Å². The second kappa shape index (κ2) is 9.28. The van der Waals surface area contributed by atoms with Crippen molar-refractivity contribution in [1.82, 2.24) is 10.0 Å². The Kier molecular flexibility index (Phi) is 7.37. The van der Waals surface area contributed by atoms with Gasteiger partial charge < -0.3 is 14.8 Å². The van der Waals surface area contributed by atoms with E-state index in [1.54, 1.807) is 19.2 Å². The predicted molar refractivity (Wildman–Crippen MR) is 94.0 cm³/mol. The number of nitrogens with one attached hydrogen (secondary N) is 2. The summed E-state index contributed by atoms with van der Waals surface area (Å²) in [6.07, 6.45) is 1.70. The van der Waals surface area contributed by atoms with Crippen LogP contribution in [-0.4, -0.2) is 53.8 Å². The minimum absolute atomic E-state index is 0.0894. The number of hydrogen-bond donors (Lipinski definition) is 2. The molecular weight excluding hydrogens is 344 g/mol. The van der Waals surface area contributed by atoms with Crippen molar-refractivity contribution < 1.29 is 22.7 Å². The summed E-state index contributed by atoms with van der Waals surface area (Å²) in [7, 11) is -2.09. The number of rotatable bonds is 8. The fraction of sp³-hybridized carbons (Fsp3) is 0.588. The van der Waals surface area contributed by atoms with Crippen LogP contribution in [0, 0.1) is 5.92 Å². The molecule has 2 rings (SSSR count). The zero-order chi connectivity index (χ0) is 18.3. The number of sulfonamides is 1. The van der Waals surface area contributed by atoms with Gasteiger partial charge in [0.25, 0.3) is 5.91 Å². The molecule has 0 radical (unpaired) electrons. The molecule has 1 aliphatic heterocycles. The molecule has 0 aliphatic carbocycles. The van der Waals surface area contributed by atoms with E-state index in [9.17, 15) is 13.2 Å². The lowest BCUT2D eigenvalue weighted by atomic mass is 10.0. The van der Waals surface area contributed by atoms with E-state index >= 15 is 0 Å². The average Bonchev–Trinajstić information content (AvgIpc) is 2.61. The number of carbonyl (C=O) groups is 1. The Morgan fingerprint density at radius 2 is 2.08 bits per heavy atom. The minimum Gasteiger partial charge on any atom is -0.383 e. The van der Waals surface area contributed by atoms with Crippen LogP contribution in [0.5, 0.6) is 0 Å². The van der Waals surface area contributed by atoms with Crippen LogP contribution >= 0.6 is 0 Å². The maximum absolute atomic E-state index is 12.5. The second-order valence-corrected chi connectivity index (χ2v) is 8.03. The summed E-state index contributed by atoms with van der Waals surface area (Å²) >= 11 is 0. The summed E-state index contributed by atoms with van der Waals surface area (Å²) in [5.41, 5.74) is 0.303. The standard InChI is InChI=1S/C17H26N2O5S/c1-13(12-23-2)19-17(20)15-4-3-5-16(10-15)25(21,22)18-11-14-6-8-24-9-7-14/h3-5,10,13-14,18H,6-9,11-12H2,1-2H3,(H,19,20)/t13-/m0/s1. The topological polar surface area (TPSA) is 93.7 Å². The second-order valence-electron chi connectivity index (χ2n) is 6.27. The van der Waals surface area contributed by atoms with E-state index in [2.05, 4.69) is 10.0 Å². The van der Waals surface area contributed by atoms with Crippen molar-refractivity contribution in [2.24, 2.45) is 5.92 Å². The van der Waals surface area contributed by atoms with Gasteiger partial charge in [-0.25, -0.2) is 13.1 Å². The average molecular weight is 370 g/mol. The Balaban J connectivity index is 2.01.